The third-order valence-corrected chi connectivity index (χ3v) is 17.3. The first-order valence-corrected chi connectivity index (χ1v) is 25.2. The van der Waals surface area contributed by atoms with Crippen LogP contribution in [0.25, 0.3) is 10.5 Å². The summed E-state index contributed by atoms with van der Waals surface area (Å²) in [7, 11) is 0. The average molecular weight is 849 g/mol. The highest BCUT2D eigenvalue weighted by atomic mass is 32.2. The van der Waals surface area contributed by atoms with Crippen molar-refractivity contribution in [1.82, 2.24) is 10.6 Å². The molecule has 0 saturated carbocycles. The number of aliphatic hydroxyl groups is 1. The largest absolute Gasteiger partial charge is 0.493 e. The maximum atomic E-state index is 11.5. The van der Waals surface area contributed by atoms with E-state index in [4.69, 9.17) is 14.2 Å². The molecule has 3 atom stereocenters. The predicted molar refractivity (Wildman–Crippen MR) is 251 cm³/mol. The molecular formula is C49H72N2O4S3. The van der Waals surface area contributed by atoms with E-state index >= 15 is 0 Å². The molecule has 3 unspecified atom stereocenters. The SMILES string of the molecule is CCC/C(CC)=C(\C)CNCCC/C(C)=C(/C)C1C=C2OCCOC2=C(c2sc(/C(CC)=C3\CCCO\C3=C(\C)C34CCNC(=CS3)C4O)c(CCC)c2CCC)S1. The van der Waals surface area contributed by atoms with Gasteiger partial charge in [0.15, 0.2) is 11.5 Å². The molecular weight excluding hydrogens is 777 g/mol. The molecule has 5 aliphatic rings. The number of allylic oxidation sites excluding steroid dienone is 4. The van der Waals surface area contributed by atoms with Crippen molar-refractivity contribution in [3.63, 3.8) is 0 Å². The van der Waals surface area contributed by atoms with E-state index in [0.717, 1.165) is 120 Å². The van der Waals surface area contributed by atoms with Crippen LogP contribution in [0.1, 0.15) is 154 Å². The summed E-state index contributed by atoms with van der Waals surface area (Å²) in [5.41, 5.74) is 14.0. The van der Waals surface area contributed by atoms with E-state index < -0.39 is 6.10 Å². The molecule has 3 saturated heterocycles. The predicted octanol–water partition coefficient (Wildman–Crippen LogP) is 12.5. The van der Waals surface area contributed by atoms with E-state index in [1.807, 2.05) is 23.1 Å². The van der Waals surface area contributed by atoms with Gasteiger partial charge >= 0.3 is 0 Å². The van der Waals surface area contributed by atoms with Crippen molar-refractivity contribution < 1.29 is 19.3 Å². The van der Waals surface area contributed by atoms with Crippen molar-refractivity contribution >= 4 is 45.3 Å². The maximum absolute atomic E-state index is 11.5. The smallest absolute Gasteiger partial charge is 0.176 e. The van der Waals surface area contributed by atoms with Crippen LogP contribution in [0.15, 0.2) is 67.9 Å². The molecule has 0 spiro atoms. The molecule has 1 aromatic heterocycles. The first-order chi connectivity index (χ1) is 28.1. The summed E-state index contributed by atoms with van der Waals surface area (Å²) < 4.78 is 19.3. The number of aliphatic hydroxyl groups excluding tert-OH is 1. The fourth-order valence-corrected chi connectivity index (χ4v) is 13.8. The molecule has 6 rings (SSSR count). The van der Waals surface area contributed by atoms with E-state index in [2.05, 4.69) is 84.4 Å². The zero-order valence-electron chi connectivity index (χ0n) is 37.1. The van der Waals surface area contributed by atoms with Crippen molar-refractivity contribution in [1.29, 1.82) is 0 Å². The molecule has 0 amide bonds. The Morgan fingerprint density at radius 3 is 2.43 bits per heavy atom. The van der Waals surface area contributed by atoms with Gasteiger partial charge in [-0.3, -0.25) is 0 Å². The highest BCUT2D eigenvalue weighted by Crippen LogP contribution is 2.54. The van der Waals surface area contributed by atoms with E-state index in [0.29, 0.717) is 13.2 Å². The van der Waals surface area contributed by atoms with Crippen molar-refractivity contribution in [2.24, 2.45) is 0 Å². The second-order valence-electron chi connectivity index (χ2n) is 16.7. The summed E-state index contributed by atoms with van der Waals surface area (Å²) in [4.78, 5) is 4.04. The van der Waals surface area contributed by atoms with Crippen LogP contribution >= 0.6 is 34.9 Å². The lowest BCUT2D eigenvalue weighted by Crippen LogP contribution is -2.48. The highest BCUT2D eigenvalue weighted by molar-refractivity contribution is 8.09. The lowest BCUT2D eigenvalue weighted by Gasteiger charge is -2.40. The van der Waals surface area contributed by atoms with Gasteiger partial charge in [-0.05, 0) is 138 Å². The van der Waals surface area contributed by atoms with Gasteiger partial charge < -0.3 is 30.0 Å². The number of thioether (sulfide) groups is 2. The zero-order valence-corrected chi connectivity index (χ0v) is 39.6. The fraction of sp³-hybridized carbons (Fsp3) is 0.633. The molecule has 0 aliphatic carbocycles. The van der Waals surface area contributed by atoms with Crippen LogP contribution in [0.3, 0.4) is 0 Å². The van der Waals surface area contributed by atoms with E-state index in [9.17, 15) is 5.11 Å². The van der Waals surface area contributed by atoms with E-state index in [-0.39, 0.29) is 10.00 Å². The zero-order chi connectivity index (χ0) is 41.4. The fourth-order valence-electron chi connectivity index (χ4n) is 9.43. The third-order valence-electron chi connectivity index (χ3n) is 12.9. The van der Waals surface area contributed by atoms with Crippen molar-refractivity contribution in [3.05, 3.63) is 88.8 Å². The van der Waals surface area contributed by atoms with Crippen molar-refractivity contribution in [2.45, 2.75) is 162 Å². The van der Waals surface area contributed by atoms with Crippen LogP contribution in [0.5, 0.6) is 0 Å². The maximum Gasteiger partial charge on any atom is 0.176 e. The molecule has 3 N–H and O–H groups in total. The van der Waals surface area contributed by atoms with Crippen LogP contribution in [-0.4, -0.2) is 60.7 Å². The summed E-state index contributed by atoms with van der Waals surface area (Å²) in [6.45, 7) is 25.5. The molecule has 6 nitrogen and oxygen atoms in total. The summed E-state index contributed by atoms with van der Waals surface area (Å²) in [5.74, 6) is 2.87. The third kappa shape index (κ3) is 9.44. The quantitative estimate of drug-likeness (QED) is 0.0997. The van der Waals surface area contributed by atoms with Gasteiger partial charge in [-0.2, -0.15) is 0 Å². The van der Waals surface area contributed by atoms with E-state index in [1.165, 1.54) is 72.1 Å². The second kappa shape index (κ2) is 21.0. The molecule has 3 fully saturated rings. The summed E-state index contributed by atoms with van der Waals surface area (Å²) in [5, 5.41) is 21.0. The van der Waals surface area contributed by atoms with Crippen LogP contribution in [0, 0.1) is 0 Å². The second-order valence-corrected chi connectivity index (χ2v) is 20.1. The number of hydrogen-bond donors (Lipinski definition) is 3. The Labute approximate surface area is 363 Å². The van der Waals surface area contributed by atoms with Gasteiger partial charge in [-0.15, -0.1) is 34.9 Å². The molecule has 9 heteroatoms. The van der Waals surface area contributed by atoms with Gasteiger partial charge in [0, 0.05) is 28.5 Å². The van der Waals surface area contributed by atoms with Crippen LogP contribution < -0.4 is 10.6 Å². The Morgan fingerprint density at radius 2 is 1.69 bits per heavy atom. The first kappa shape index (κ1) is 45.2. The number of rotatable bonds is 18. The molecule has 320 valence electrons. The van der Waals surface area contributed by atoms with Crippen LogP contribution in [0.2, 0.25) is 0 Å². The minimum Gasteiger partial charge on any atom is -0.493 e. The average Bonchev–Trinajstić information content (AvgIpc) is 3.64. The number of nitrogens with one attached hydrogen (secondary N) is 2. The van der Waals surface area contributed by atoms with Crippen molar-refractivity contribution in [3.8, 4) is 0 Å². The van der Waals surface area contributed by atoms with E-state index in [1.54, 1.807) is 17.3 Å². The summed E-state index contributed by atoms with van der Waals surface area (Å²) >= 11 is 5.73. The first-order valence-electron chi connectivity index (χ1n) is 22.6. The lowest BCUT2D eigenvalue weighted by molar-refractivity contribution is 0.0605. The molecule has 2 bridgehead atoms. The van der Waals surface area contributed by atoms with Gasteiger partial charge in [-0.1, -0.05) is 76.2 Å². The molecule has 6 heterocycles. The standard InChI is InChI=1S/C49H72N2O4S3/c1-10-17-35(13-4)32(7)29-50-23-15-20-31(6)33(8)42-28-41-44(55-27-26-53-41)47(57-42)46-39(19-12-3)38(18-11-2)45(58-46)36(14-5)37-21-16-25-54-43(37)34(9)49-22-24-51-40(30-56-49)48(49)52/h28,30,42,48,50-52H,10-27,29H2,1-9H3/b33-31-,35-32+,37-36+,43-34-. The van der Waals surface area contributed by atoms with Gasteiger partial charge in [-0.25, -0.2) is 0 Å². The molecule has 5 aliphatic heterocycles. The minimum atomic E-state index is -0.533. The lowest BCUT2D eigenvalue weighted by atomic mass is 9.82. The minimum absolute atomic E-state index is 0.190. The number of thiophene rings is 1. The molecule has 0 radical (unpaired) electrons. The van der Waals surface area contributed by atoms with Gasteiger partial charge in [0.05, 0.1) is 21.5 Å². The molecule has 1 aromatic rings. The van der Waals surface area contributed by atoms with Gasteiger partial charge in [0.25, 0.3) is 0 Å². The Bertz CT molecular complexity index is 1880. The highest BCUT2D eigenvalue weighted by Gasteiger charge is 2.50. The Balaban J connectivity index is 1.35. The Hall–Kier alpha value is -2.30. The normalized spacial score (nSPS) is 25.7. The van der Waals surface area contributed by atoms with Crippen LogP contribution in [-0.2, 0) is 27.1 Å². The number of ether oxygens (including phenoxy) is 3. The Kier molecular flexibility index (Phi) is 16.4. The topological polar surface area (TPSA) is 72.0 Å². The number of piperidine rings is 1. The van der Waals surface area contributed by atoms with Crippen LogP contribution in [0.4, 0.5) is 0 Å². The monoisotopic (exact) mass is 848 g/mol. The number of fused-ring (bicyclic) bond motifs is 3. The molecule has 58 heavy (non-hydrogen) atoms. The molecule has 0 aromatic carbocycles. The van der Waals surface area contributed by atoms with Gasteiger partial charge in [0.2, 0.25) is 0 Å². The summed E-state index contributed by atoms with van der Waals surface area (Å²) in [6.07, 6.45) is 15.7. The summed E-state index contributed by atoms with van der Waals surface area (Å²) in [6, 6.07) is 0. The van der Waals surface area contributed by atoms with Crippen molar-refractivity contribution in [2.75, 3.05) is 39.5 Å². The van der Waals surface area contributed by atoms with Gasteiger partial charge in [0.1, 0.15) is 25.1 Å². The number of hydrogen-bond acceptors (Lipinski definition) is 9. The Morgan fingerprint density at radius 1 is 0.914 bits per heavy atom.